The molecule has 7 heteroatoms. The van der Waals surface area contributed by atoms with E-state index in [1.54, 1.807) is 14.1 Å². The van der Waals surface area contributed by atoms with Crippen molar-refractivity contribution in [3.8, 4) is 0 Å². The molecular weight excluding hydrogens is 276 g/mol. The van der Waals surface area contributed by atoms with E-state index in [9.17, 15) is 9.59 Å². The summed E-state index contributed by atoms with van der Waals surface area (Å²) in [6.45, 7) is 0.0204. The Kier molecular flexibility index (Phi) is 4.62. The Morgan fingerprint density at radius 1 is 1.35 bits per heavy atom. The van der Waals surface area contributed by atoms with E-state index in [4.69, 9.17) is 0 Å². The molecule has 0 saturated carbocycles. The van der Waals surface area contributed by atoms with E-state index in [1.165, 1.54) is 16.7 Å². The number of aromatic nitrogens is 2. The summed E-state index contributed by atoms with van der Waals surface area (Å²) in [5, 5.41) is 3.27. The number of carbonyl (C=O) groups excluding carboxylic acids is 2. The van der Waals surface area contributed by atoms with Crippen LogP contribution in [0, 0.1) is 0 Å². The zero-order chi connectivity index (χ0) is 14.5. The predicted octanol–water partition coefficient (Wildman–Crippen LogP) is 0.859. The molecule has 2 rings (SSSR count). The Morgan fingerprint density at radius 2 is 2.10 bits per heavy atom. The lowest BCUT2D eigenvalue weighted by molar-refractivity contribution is -0.130. The van der Waals surface area contributed by atoms with Crippen LogP contribution in [0.25, 0.3) is 11.0 Å². The number of para-hydroxylation sites is 2. The summed E-state index contributed by atoms with van der Waals surface area (Å²) in [5.74, 6) is -0.0988. The van der Waals surface area contributed by atoms with Gasteiger partial charge in [-0.15, -0.1) is 0 Å². The third-order valence-corrected chi connectivity index (χ3v) is 3.52. The van der Waals surface area contributed by atoms with Crippen LogP contribution in [0.4, 0.5) is 0 Å². The number of imidazole rings is 1. The van der Waals surface area contributed by atoms with Crippen molar-refractivity contribution in [3.05, 3.63) is 24.3 Å². The van der Waals surface area contributed by atoms with Crippen LogP contribution in [0.3, 0.4) is 0 Å². The molecule has 0 aliphatic heterocycles. The molecule has 1 aromatic heterocycles. The van der Waals surface area contributed by atoms with Gasteiger partial charge in [0.1, 0.15) is 0 Å². The number of likely N-dealkylation sites (N-methyl/N-ethyl adjacent to an activating group) is 1. The number of fused-ring (bicyclic) bond motifs is 1. The quantitative estimate of drug-likeness (QED) is 0.801. The summed E-state index contributed by atoms with van der Waals surface area (Å²) in [6.07, 6.45) is 0. The molecule has 106 valence electrons. The number of H-pyrrole nitrogens is 1. The first kappa shape index (κ1) is 14.4. The molecule has 0 saturated heterocycles. The standard InChI is InChI=1S/C13H16N4O2S/c1-17(2)12(19)7-14-11(18)8-20-13-15-9-5-3-4-6-10(9)16-13/h3-6H,7-8H2,1-2H3,(H,14,18)(H,15,16). The lowest BCUT2D eigenvalue weighted by atomic mass is 10.3. The highest BCUT2D eigenvalue weighted by molar-refractivity contribution is 7.99. The fraction of sp³-hybridized carbons (Fsp3) is 0.308. The molecule has 0 bridgehead atoms. The number of amides is 2. The Hall–Kier alpha value is -2.02. The molecule has 1 aromatic carbocycles. The number of thioether (sulfide) groups is 1. The number of benzene rings is 1. The largest absolute Gasteiger partial charge is 0.347 e. The number of rotatable bonds is 5. The fourth-order valence-electron chi connectivity index (χ4n) is 1.51. The average Bonchev–Trinajstić information content (AvgIpc) is 2.85. The van der Waals surface area contributed by atoms with Gasteiger partial charge in [-0.05, 0) is 12.1 Å². The molecule has 1 heterocycles. The minimum absolute atomic E-state index is 0.0204. The van der Waals surface area contributed by atoms with Crippen molar-refractivity contribution in [1.29, 1.82) is 0 Å². The summed E-state index contributed by atoms with van der Waals surface area (Å²) in [6, 6.07) is 7.68. The van der Waals surface area contributed by atoms with Crippen molar-refractivity contribution in [3.63, 3.8) is 0 Å². The maximum Gasteiger partial charge on any atom is 0.241 e. The van der Waals surface area contributed by atoms with Crippen molar-refractivity contribution < 1.29 is 9.59 Å². The topological polar surface area (TPSA) is 78.1 Å². The van der Waals surface area contributed by atoms with Gasteiger partial charge < -0.3 is 15.2 Å². The molecule has 2 N–H and O–H groups in total. The van der Waals surface area contributed by atoms with E-state index in [1.807, 2.05) is 24.3 Å². The average molecular weight is 292 g/mol. The van der Waals surface area contributed by atoms with Crippen LogP contribution in [0.5, 0.6) is 0 Å². The lowest BCUT2D eigenvalue weighted by Gasteiger charge is -2.10. The second-order valence-corrected chi connectivity index (χ2v) is 5.38. The molecule has 0 atom stereocenters. The summed E-state index contributed by atoms with van der Waals surface area (Å²) in [4.78, 5) is 31.9. The van der Waals surface area contributed by atoms with E-state index in [0.29, 0.717) is 5.16 Å². The van der Waals surface area contributed by atoms with Crippen LogP contribution in [0.2, 0.25) is 0 Å². The van der Waals surface area contributed by atoms with Crippen LogP contribution in [-0.4, -0.2) is 53.1 Å². The minimum atomic E-state index is -0.189. The monoisotopic (exact) mass is 292 g/mol. The SMILES string of the molecule is CN(C)C(=O)CNC(=O)CSc1nc2ccccc2[nH]1. The van der Waals surface area contributed by atoms with Gasteiger partial charge in [0.2, 0.25) is 11.8 Å². The van der Waals surface area contributed by atoms with Crippen LogP contribution in [0.1, 0.15) is 0 Å². The Morgan fingerprint density at radius 3 is 2.80 bits per heavy atom. The van der Waals surface area contributed by atoms with Gasteiger partial charge in [0.15, 0.2) is 5.16 Å². The number of carbonyl (C=O) groups is 2. The van der Waals surface area contributed by atoms with Gasteiger partial charge >= 0.3 is 0 Å². The molecular formula is C13H16N4O2S. The first-order valence-corrected chi connectivity index (χ1v) is 7.09. The molecule has 0 fully saturated rings. The van der Waals surface area contributed by atoms with Gasteiger partial charge in [0.25, 0.3) is 0 Å². The highest BCUT2D eigenvalue weighted by Crippen LogP contribution is 2.18. The summed E-state index contributed by atoms with van der Waals surface area (Å²) in [5.41, 5.74) is 1.82. The smallest absolute Gasteiger partial charge is 0.241 e. The number of hydrogen-bond donors (Lipinski definition) is 2. The van der Waals surface area contributed by atoms with E-state index in [0.717, 1.165) is 11.0 Å². The van der Waals surface area contributed by atoms with Gasteiger partial charge in [0, 0.05) is 14.1 Å². The molecule has 0 aliphatic rings. The molecule has 0 radical (unpaired) electrons. The number of nitrogens with one attached hydrogen (secondary N) is 2. The van der Waals surface area contributed by atoms with E-state index >= 15 is 0 Å². The zero-order valence-electron chi connectivity index (χ0n) is 11.3. The third kappa shape index (κ3) is 3.74. The number of nitrogens with zero attached hydrogens (tertiary/aromatic N) is 2. The molecule has 0 spiro atoms. The van der Waals surface area contributed by atoms with Crippen LogP contribution >= 0.6 is 11.8 Å². The number of hydrogen-bond acceptors (Lipinski definition) is 4. The normalized spacial score (nSPS) is 10.5. The second kappa shape index (κ2) is 6.42. The van der Waals surface area contributed by atoms with Crippen molar-refractivity contribution >= 4 is 34.6 Å². The summed E-state index contributed by atoms with van der Waals surface area (Å²) < 4.78 is 0. The molecule has 6 nitrogen and oxygen atoms in total. The van der Waals surface area contributed by atoms with Gasteiger partial charge in [-0.25, -0.2) is 4.98 Å². The minimum Gasteiger partial charge on any atom is -0.347 e. The Labute approximate surface area is 120 Å². The lowest BCUT2D eigenvalue weighted by Crippen LogP contribution is -2.36. The van der Waals surface area contributed by atoms with Crippen molar-refractivity contribution in [2.75, 3.05) is 26.4 Å². The van der Waals surface area contributed by atoms with Gasteiger partial charge in [0.05, 0.1) is 23.3 Å². The van der Waals surface area contributed by atoms with Crippen LogP contribution < -0.4 is 5.32 Å². The van der Waals surface area contributed by atoms with Crippen molar-refractivity contribution in [2.45, 2.75) is 5.16 Å². The molecule has 2 amide bonds. The number of aromatic amines is 1. The first-order valence-electron chi connectivity index (χ1n) is 6.10. The third-order valence-electron chi connectivity index (χ3n) is 2.64. The maximum atomic E-state index is 11.6. The molecule has 2 aromatic rings. The highest BCUT2D eigenvalue weighted by Gasteiger charge is 2.09. The highest BCUT2D eigenvalue weighted by atomic mass is 32.2. The van der Waals surface area contributed by atoms with Gasteiger partial charge in [-0.3, -0.25) is 9.59 Å². The maximum absolute atomic E-state index is 11.6. The summed E-state index contributed by atoms with van der Waals surface area (Å²) in [7, 11) is 3.30. The molecule has 0 aliphatic carbocycles. The zero-order valence-corrected chi connectivity index (χ0v) is 12.2. The summed E-state index contributed by atoms with van der Waals surface area (Å²) >= 11 is 1.31. The van der Waals surface area contributed by atoms with Crippen LogP contribution in [-0.2, 0) is 9.59 Å². The van der Waals surface area contributed by atoms with E-state index in [-0.39, 0.29) is 24.1 Å². The fourth-order valence-corrected chi connectivity index (χ4v) is 2.23. The molecule has 0 unspecified atom stereocenters. The first-order chi connectivity index (χ1) is 9.56. The molecule has 20 heavy (non-hydrogen) atoms. The predicted molar refractivity (Wildman–Crippen MR) is 78.5 cm³/mol. The van der Waals surface area contributed by atoms with Crippen LogP contribution in [0.15, 0.2) is 29.4 Å². The van der Waals surface area contributed by atoms with Crippen molar-refractivity contribution in [1.82, 2.24) is 20.2 Å². The van der Waals surface area contributed by atoms with Gasteiger partial charge in [-0.1, -0.05) is 23.9 Å². The van der Waals surface area contributed by atoms with E-state index in [2.05, 4.69) is 15.3 Å². The Balaban J connectivity index is 1.82. The Bertz CT molecular complexity index is 591. The second-order valence-electron chi connectivity index (χ2n) is 4.41. The van der Waals surface area contributed by atoms with Gasteiger partial charge in [-0.2, -0.15) is 0 Å². The van der Waals surface area contributed by atoms with Crippen molar-refractivity contribution in [2.24, 2.45) is 0 Å². The van der Waals surface area contributed by atoms with E-state index < -0.39 is 0 Å².